The van der Waals surface area contributed by atoms with Gasteiger partial charge in [0.2, 0.25) is 0 Å². The number of carbonyl (C=O) groups is 2. The molecule has 0 heterocycles. The Morgan fingerprint density at radius 2 is 1.04 bits per heavy atom. The van der Waals surface area contributed by atoms with Crippen LogP contribution in [-0.2, 0) is 9.59 Å². The maximum atomic E-state index is 12.3. The highest BCUT2D eigenvalue weighted by Gasteiger charge is 2.20. The van der Waals surface area contributed by atoms with Crippen LogP contribution >= 0.6 is 24.4 Å². The Morgan fingerprint density at radius 3 is 1.31 bits per heavy atom. The quantitative estimate of drug-likeness (QED) is 0.578. The minimum atomic E-state index is -0.452. The Morgan fingerprint density at radius 1 is 0.731 bits per heavy atom. The molecule has 1 aromatic carbocycles. The van der Waals surface area contributed by atoms with Crippen LogP contribution in [0, 0.1) is 0 Å². The van der Waals surface area contributed by atoms with Crippen molar-refractivity contribution in [3.8, 4) is 0 Å². The first-order valence-electron chi connectivity index (χ1n) is 8.14. The van der Waals surface area contributed by atoms with Crippen LogP contribution in [0.4, 0.5) is 11.4 Å². The summed E-state index contributed by atoms with van der Waals surface area (Å²) in [6.45, 7) is 11.4. The molecular weight excluding hydrogens is 368 g/mol. The maximum absolute atomic E-state index is 12.3. The van der Waals surface area contributed by atoms with Crippen molar-refractivity contribution < 1.29 is 9.59 Å². The molecule has 0 fully saturated rings. The van der Waals surface area contributed by atoms with E-state index in [1.54, 1.807) is 24.3 Å². The SMILES string of the molecule is CC(C)(C)NC(=S)C(=O)Nc1ccccc1NC(=O)C(=S)NC(C)(C)C. The zero-order valence-electron chi connectivity index (χ0n) is 15.9. The van der Waals surface area contributed by atoms with Crippen LogP contribution in [0.1, 0.15) is 41.5 Å². The number of benzene rings is 1. The van der Waals surface area contributed by atoms with Crippen molar-refractivity contribution in [2.45, 2.75) is 52.6 Å². The molecule has 0 radical (unpaired) electrons. The highest BCUT2D eigenvalue weighted by atomic mass is 32.1. The summed E-state index contributed by atoms with van der Waals surface area (Å²) >= 11 is 10.2. The van der Waals surface area contributed by atoms with Crippen molar-refractivity contribution in [2.75, 3.05) is 10.6 Å². The summed E-state index contributed by atoms with van der Waals surface area (Å²) in [5.74, 6) is -0.904. The Hall–Kier alpha value is -2.06. The van der Waals surface area contributed by atoms with Crippen LogP contribution < -0.4 is 21.3 Å². The molecular formula is C18H26N4O2S2. The summed E-state index contributed by atoms with van der Waals surface area (Å²) in [5.41, 5.74) is 0.213. The van der Waals surface area contributed by atoms with E-state index in [1.165, 1.54) is 0 Å². The topological polar surface area (TPSA) is 82.3 Å². The molecule has 1 aromatic rings. The van der Waals surface area contributed by atoms with Crippen molar-refractivity contribution in [2.24, 2.45) is 0 Å². The highest BCUT2D eigenvalue weighted by molar-refractivity contribution is 7.82. The van der Waals surface area contributed by atoms with Crippen LogP contribution in [-0.4, -0.2) is 32.9 Å². The minimum absolute atomic E-state index is 0.0727. The van der Waals surface area contributed by atoms with Gasteiger partial charge in [0.25, 0.3) is 11.8 Å². The van der Waals surface area contributed by atoms with Crippen LogP contribution in [0.5, 0.6) is 0 Å². The molecule has 0 spiro atoms. The summed E-state index contributed by atoms with van der Waals surface area (Å²) < 4.78 is 0. The second kappa shape index (κ2) is 8.55. The molecule has 2 amide bonds. The molecule has 6 nitrogen and oxygen atoms in total. The van der Waals surface area contributed by atoms with Crippen LogP contribution in [0.3, 0.4) is 0 Å². The molecule has 26 heavy (non-hydrogen) atoms. The lowest BCUT2D eigenvalue weighted by Gasteiger charge is -2.23. The van der Waals surface area contributed by atoms with Gasteiger partial charge in [0.05, 0.1) is 11.4 Å². The van der Waals surface area contributed by atoms with Gasteiger partial charge in [-0.25, -0.2) is 0 Å². The number of rotatable bonds is 2. The second-order valence-corrected chi connectivity index (χ2v) is 8.68. The molecule has 0 aliphatic rings. The number of anilines is 2. The zero-order valence-corrected chi connectivity index (χ0v) is 17.6. The summed E-state index contributed by atoms with van der Waals surface area (Å²) in [4.78, 5) is 24.7. The Bertz CT molecular complexity index is 658. The Balaban J connectivity index is 2.85. The number of nitrogens with one attached hydrogen (secondary N) is 4. The fraction of sp³-hybridized carbons (Fsp3) is 0.444. The van der Waals surface area contributed by atoms with E-state index in [1.807, 2.05) is 41.5 Å². The number of hydrogen-bond acceptors (Lipinski definition) is 4. The van der Waals surface area contributed by atoms with E-state index in [-0.39, 0.29) is 21.1 Å². The van der Waals surface area contributed by atoms with Crippen LogP contribution in [0.25, 0.3) is 0 Å². The van der Waals surface area contributed by atoms with Gasteiger partial charge in [-0.15, -0.1) is 0 Å². The lowest BCUT2D eigenvalue weighted by Crippen LogP contribution is -2.45. The third-order valence-electron chi connectivity index (χ3n) is 2.81. The average molecular weight is 395 g/mol. The molecule has 1 rings (SSSR count). The largest absolute Gasteiger partial charge is 0.367 e. The number of carbonyl (C=O) groups excluding carboxylic acids is 2. The molecule has 0 saturated carbocycles. The molecule has 0 aromatic heterocycles. The van der Waals surface area contributed by atoms with Gasteiger partial charge in [-0.1, -0.05) is 36.6 Å². The van der Waals surface area contributed by atoms with Crippen LogP contribution in [0.15, 0.2) is 24.3 Å². The lowest BCUT2D eigenvalue weighted by molar-refractivity contribution is -0.111. The van der Waals surface area contributed by atoms with E-state index in [9.17, 15) is 9.59 Å². The third kappa shape index (κ3) is 7.88. The molecule has 0 unspecified atom stereocenters. The van der Waals surface area contributed by atoms with E-state index in [0.717, 1.165) is 0 Å². The summed E-state index contributed by atoms with van der Waals surface area (Å²) in [5, 5.41) is 11.3. The van der Waals surface area contributed by atoms with Gasteiger partial charge >= 0.3 is 0 Å². The molecule has 0 saturated heterocycles. The van der Waals surface area contributed by atoms with Crippen molar-refractivity contribution in [3.05, 3.63) is 24.3 Å². The number of amides is 2. The first-order chi connectivity index (χ1) is 11.8. The fourth-order valence-electron chi connectivity index (χ4n) is 1.85. The Kier molecular flexibility index (Phi) is 7.23. The Labute approximate surface area is 165 Å². The maximum Gasteiger partial charge on any atom is 0.283 e. The van der Waals surface area contributed by atoms with Crippen molar-refractivity contribution >= 4 is 57.6 Å². The second-order valence-electron chi connectivity index (χ2n) is 7.86. The van der Waals surface area contributed by atoms with Crippen LogP contribution in [0.2, 0.25) is 0 Å². The van der Waals surface area contributed by atoms with E-state index in [2.05, 4.69) is 21.3 Å². The van der Waals surface area contributed by atoms with E-state index >= 15 is 0 Å². The fourth-order valence-corrected chi connectivity index (χ4v) is 2.57. The smallest absolute Gasteiger partial charge is 0.283 e. The standard InChI is InChI=1S/C18H26N4O2S2/c1-17(2,3)21-15(25)13(23)19-11-9-7-8-10-12(11)20-14(24)16(26)22-18(4,5)6/h7-10H,1-6H3,(H,19,23)(H,20,24)(H,21,25)(H,22,26). The predicted molar refractivity (Wildman–Crippen MR) is 115 cm³/mol. The van der Waals surface area contributed by atoms with E-state index in [0.29, 0.717) is 11.4 Å². The molecule has 8 heteroatoms. The monoisotopic (exact) mass is 394 g/mol. The summed E-state index contributed by atoms with van der Waals surface area (Å²) in [7, 11) is 0. The normalized spacial score (nSPS) is 11.3. The summed E-state index contributed by atoms with van der Waals surface area (Å²) in [6, 6.07) is 6.84. The van der Waals surface area contributed by atoms with Gasteiger partial charge in [0.1, 0.15) is 0 Å². The van der Waals surface area contributed by atoms with Crippen molar-refractivity contribution in [3.63, 3.8) is 0 Å². The molecule has 0 aliphatic carbocycles. The average Bonchev–Trinajstić information content (AvgIpc) is 2.45. The highest BCUT2D eigenvalue weighted by Crippen LogP contribution is 2.21. The van der Waals surface area contributed by atoms with Gasteiger partial charge in [-0.3, -0.25) is 9.59 Å². The van der Waals surface area contributed by atoms with Crippen molar-refractivity contribution in [1.29, 1.82) is 0 Å². The van der Waals surface area contributed by atoms with E-state index in [4.69, 9.17) is 24.4 Å². The first kappa shape index (κ1) is 22.0. The van der Waals surface area contributed by atoms with Gasteiger partial charge in [-0.05, 0) is 53.7 Å². The number of para-hydroxylation sites is 2. The molecule has 0 bridgehead atoms. The van der Waals surface area contributed by atoms with Gasteiger partial charge in [0, 0.05) is 11.1 Å². The summed E-state index contributed by atoms with van der Waals surface area (Å²) in [6.07, 6.45) is 0. The minimum Gasteiger partial charge on any atom is -0.367 e. The van der Waals surface area contributed by atoms with Gasteiger partial charge < -0.3 is 21.3 Å². The van der Waals surface area contributed by atoms with Gasteiger partial charge in [-0.2, -0.15) is 0 Å². The molecule has 0 aliphatic heterocycles. The first-order valence-corrected chi connectivity index (χ1v) is 8.96. The number of hydrogen-bond donors (Lipinski definition) is 4. The molecule has 0 atom stereocenters. The lowest BCUT2D eigenvalue weighted by atomic mass is 10.1. The predicted octanol–water partition coefficient (Wildman–Crippen LogP) is 2.99. The molecule has 142 valence electrons. The molecule has 4 N–H and O–H groups in total. The zero-order chi connectivity index (χ0) is 20.1. The number of thiocarbonyl (C=S) groups is 2. The van der Waals surface area contributed by atoms with Gasteiger partial charge in [0.15, 0.2) is 9.98 Å². The van der Waals surface area contributed by atoms with E-state index < -0.39 is 11.8 Å². The third-order valence-corrected chi connectivity index (χ3v) is 3.39. The van der Waals surface area contributed by atoms with Crippen molar-refractivity contribution in [1.82, 2.24) is 10.6 Å².